The van der Waals surface area contributed by atoms with E-state index in [0.29, 0.717) is 22.6 Å². The number of aryl methyl sites for hydroxylation is 2. The van der Waals surface area contributed by atoms with Gasteiger partial charge in [0.1, 0.15) is 0 Å². The fourth-order valence-corrected chi connectivity index (χ4v) is 3.67. The number of nitrogens with zero attached hydrogens (tertiary/aromatic N) is 4. The molecule has 3 rings (SSSR count). The van der Waals surface area contributed by atoms with Crippen LogP contribution in [-0.4, -0.2) is 26.5 Å². The van der Waals surface area contributed by atoms with Gasteiger partial charge in [0.05, 0.1) is 10.6 Å². The van der Waals surface area contributed by atoms with Crippen LogP contribution in [0.3, 0.4) is 0 Å². The van der Waals surface area contributed by atoms with E-state index in [1.165, 1.54) is 23.9 Å². The molecule has 0 aliphatic carbocycles. The number of carbonyl (C=O) groups excluding carboxylic acids is 1. The van der Waals surface area contributed by atoms with Crippen LogP contribution in [0.4, 0.5) is 5.69 Å². The van der Waals surface area contributed by atoms with Gasteiger partial charge < -0.3 is 0 Å². The molecule has 0 saturated carbocycles. The molecule has 1 heterocycles. The zero-order valence-corrected chi connectivity index (χ0v) is 18.1. The maximum Gasteiger partial charge on any atom is 0.271 e. The minimum absolute atomic E-state index is 0.0296. The largest absolute Gasteiger partial charge is 0.271 e. The molecule has 0 aliphatic heterocycles. The van der Waals surface area contributed by atoms with Crippen LogP contribution in [0.2, 0.25) is 0 Å². The molecule has 2 aromatic carbocycles. The third-order valence-electron chi connectivity index (χ3n) is 4.35. The molecule has 0 unspecified atom stereocenters. The molecule has 0 spiro atoms. The summed E-state index contributed by atoms with van der Waals surface area (Å²) in [6, 6.07) is 15.2. The number of nitrogens with one attached hydrogen (secondary N) is 1. The van der Waals surface area contributed by atoms with Crippen molar-refractivity contribution in [2.75, 3.05) is 0 Å². The Morgan fingerprint density at radius 1 is 1.06 bits per heavy atom. The van der Waals surface area contributed by atoms with Gasteiger partial charge in [0, 0.05) is 40.4 Å². The summed E-state index contributed by atoms with van der Waals surface area (Å²) in [6.07, 6.45) is 0. The second-order valence-electron chi connectivity index (χ2n) is 6.86. The Kier molecular flexibility index (Phi) is 7.09. The number of carbonyl (C=O) groups is 1. The van der Waals surface area contributed by atoms with Crippen molar-refractivity contribution in [3.63, 3.8) is 0 Å². The fraction of sp³-hybridized carbons (Fsp3) is 0.182. The van der Waals surface area contributed by atoms with Crippen LogP contribution in [-0.2, 0) is 5.75 Å². The normalized spacial score (nSPS) is 11.3. The SMILES string of the molecule is C/C(=N\NC(=O)c1ccc(CSc2nc(C)cc(C)n2)cc1)c1cccc([N+](=O)[O-])c1. The Hall–Kier alpha value is -3.59. The Balaban J connectivity index is 1.60. The Labute approximate surface area is 184 Å². The van der Waals surface area contributed by atoms with Crippen molar-refractivity contribution in [1.82, 2.24) is 15.4 Å². The molecular weight excluding hydrogens is 414 g/mol. The van der Waals surface area contributed by atoms with Crippen LogP contribution in [0.5, 0.6) is 0 Å². The van der Waals surface area contributed by atoms with Gasteiger partial charge in [-0.05, 0) is 44.5 Å². The van der Waals surface area contributed by atoms with E-state index in [1.807, 2.05) is 32.0 Å². The minimum Gasteiger partial charge on any atom is -0.267 e. The maximum atomic E-state index is 12.4. The smallest absolute Gasteiger partial charge is 0.267 e. The van der Waals surface area contributed by atoms with E-state index in [2.05, 4.69) is 20.5 Å². The number of hydrogen-bond donors (Lipinski definition) is 1. The summed E-state index contributed by atoms with van der Waals surface area (Å²) in [5.41, 5.74) is 6.87. The van der Waals surface area contributed by atoms with Crippen molar-refractivity contribution in [2.24, 2.45) is 5.10 Å². The molecule has 0 radical (unpaired) electrons. The van der Waals surface area contributed by atoms with Crippen LogP contribution in [0, 0.1) is 24.0 Å². The van der Waals surface area contributed by atoms with E-state index in [9.17, 15) is 14.9 Å². The zero-order valence-electron chi connectivity index (χ0n) is 17.3. The monoisotopic (exact) mass is 435 g/mol. The first-order valence-electron chi connectivity index (χ1n) is 9.45. The number of benzene rings is 2. The lowest BCUT2D eigenvalue weighted by atomic mass is 10.1. The molecule has 1 amide bonds. The summed E-state index contributed by atoms with van der Waals surface area (Å²) in [6.45, 7) is 5.56. The first-order chi connectivity index (χ1) is 14.8. The number of hydrazone groups is 1. The fourth-order valence-electron chi connectivity index (χ4n) is 2.77. The highest BCUT2D eigenvalue weighted by atomic mass is 32.2. The molecule has 0 saturated heterocycles. The predicted molar refractivity (Wildman–Crippen MR) is 120 cm³/mol. The third kappa shape index (κ3) is 6.19. The summed E-state index contributed by atoms with van der Waals surface area (Å²) in [5, 5.41) is 15.7. The number of hydrogen-bond acceptors (Lipinski definition) is 7. The number of thioether (sulfide) groups is 1. The Morgan fingerprint density at radius 3 is 2.39 bits per heavy atom. The number of aromatic nitrogens is 2. The van der Waals surface area contributed by atoms with Gasteiger partial charge in [0.25, 0.3) is 11.6 Å². The van der Waals surface area contributed by atoms with Gasteiger partial charge in [-0.25, -0.2) is 15.4 Å². The summed E-state index contributed by atoms with van der Waals surface area (Å²) in [5.74, 6) is 0.330. The molecular formula is C22H21N5O3S. The number of nitro benzene ring substituents is 1. The summed E-state index contributed by atoms with van der Waals surface area (Å²) in [4.78, 5) is 31.6. The van der Waals surface area contributed by atoms with Gasteiger partial charge in [-0.15, -0.1) is 0 Å². The minimum atomic E-state index is -0.471. The van der Waals surface area contributed by atoms with Gasteiger partial charge in [0.2, 0.25) is 0 Å². The Morgan fingerprint density at radius 2 is 1.74 bits per heavy atom. The van der Waals surface area contributed by atoms with Crippen LogP contribution < -0.4 is 5.43 Å². The number of amides is 1. The standard InChI is InChI=1S/C22H21N5O3S/c1-14-11-15(2)24-22(23-14)31-13-17-7-9-18(10-8-17)21(28)26-25-16(3)19-5-4-6-20(12-19)27(29)30/h4-12H,13H2,1-3H3,(H,26,28)/b25-16+. The third-order valence-corrected chi connectivity index (χ3v) is 5.26. The van der Waals surface area contributed by atoms with Gasteiger partial charge >= 0.3 is 0 Å². The van der Waals surface area contributed by atoms with Crippen LogP contribution in [0.15, 0.2) is 64.9 Å². The van der Waals surface area contributed by atoms with E-state index in [0.717, 1.165) is 22.1 Å². The van der Waals surface area contributed by atoms with Crippen molar-refractivity contribution >= 4 is 29.1 Å². The molecule has 0 bridgehead atoms. The van der Waals surface area contributed by atoms with Crippen LogP contribution in [0.25, 0.3) is 0 Å². The van der Waals surface area contributed by atoms with Crippen molar-refractivity contribution in [2.45, 2.75) is 31.7 Å². The van der Waals surface area contributed by atoms with Crippen LogP contribution >= 0.6 is 11.8 Å². The van der Waals surface area contributed by atoms with Gasteiger partial charge in [-0.2, -0.15) is 5.10 Å². The highest BCUT2D eigenvalue weighted by Gasteiger charge is 2.09. The van der Waals surface area contributed by atoms with E-state index < -0.39 is 4.92 Å². The predicted octanol–water partition coefficient (Wildman–Crippen LogP) is 4.45. The summed E-state index contributed by atoms with van der Waals surface area (Å²) in [7, 11) is 0. The van der Waals surface area contributed by atoms with Gasteiger partial charge in [0.15, 0.2) is 5.16 Å². The van der Waals surface area contributed by atoms with Crippen molar-refractivity contribution < 1.29 is 9.72 Å². The summed E-state index contributed by atoms with van der Waals surface area (Å²) >= 11 is 1.54. The van der Waals surface area contributed by atoms with Crippen molar-refractivity contribution in [3.8, 4) is 0 Å². The molecule has 31 heavy (non-hydrogen) atoms. The second kappa shape index (κ2) is 9.94. The van der Waals surface area contributed by atoms with E-state index in [1.54, 1.807) is 31.2 Å². The van der Waals surface area contributed by atoms with E-state index >= 15 is 0 Å². The molecule has 1 aromatic heterocycles. The van der Waals surface area contributed by atoms with Gasteiger partial charge in [-0.1, -0.05) is 36.0 Å². The molecule has 0 aliphatic rings. The highest BCUT2D eigenvalue weighted by Crippen LogP contribution is 2.20. The topological polar surface area (TPSA) is 110 Å². The highest BCUT2D eigenvalue weighted by molar-refractivity contribution is 7.98. The first-order valence-corrected chi connectivity index (χ1v) is 10.4. The average Bonchev–Trinajstić information content (AvgIpc) is 2.75. The molecule has 0 atom stereocenters. The number of rotatable bonds is 7. The van der Waals surface area contributed by atoms with Crippen molar-refractivity contribution in [1.29, 1.82) is 0 Å². The van der Waals surface area contributed by atoms with Crippen molar-refractivity contribution in [3.05, 3.63) is 92.8 Å². The zero-order chi connectivity index (χ0) is 22.4. The molecule has 3 aromatic rings. The summed E-state index contributed by atoms with van der Waals surface area (Å²) < 4.78 is 0. The Bertz CT molecular complexity index is 1130. The molecule has 9 heteroatoms. The molecule has 0 fully saturated rings. The lowest BCUT2D eigenvalue weighted by Gasteiger charge is -2.05. The quantitative estimate of drug-likeness (QED) is 0.193. The molecule has 8 nitrogen and oxygen atoms in total. The lowest BCUT2D eigenvalue weighted by Crippen LogP contribution is -2.19. The molecule has 1 N–H and O–H groups in total. The van der Waals surface area contributed by atoms with E-state index in [4.69, 9.17) is 0 Å². The van der Waals surface area contributed by atoms with Crippen LogP contribution in [0.1, 0.15) is 39.8 Å². The van der Waals surface area contributed by atoms with E-state index in [-0.39, 0.29) is 11.6 Å². The molecule has 158 valence electrons. The second-order valence-corrected chi connectivity index (χ2v) is 7.81. The van der Waals surface area contributed by atoms with Gasteiger partial charge in [-0.3, -0.25) is 14.9 Å². The average molecular weight is 436 g/mol. The maximum absolute atomic E-state index is 12.4. The number of non-ortho nitro benzene ring substituents is 1. The first kappa shape index (κ1) is 22.1. The lowest BCUT2D eigenvalue weighted by molar-refractivity contribution is -0.384. The number of nitro groups is 1.